The minimum atomic E-state index is -0.148. The molecule has 2 N–H and O–H groups in total. The average molecular weight is 1770 g/mol. The molecule has 127 heavy (non-hydrogen) atoms. The van der Waals surface area contributed by atoms with E-state index in [0.29, 0.717) is 79.6 Å². The second-order valence-corrected chi connectivity index (χ2v) is 49.7. The number of nitrogens with zero attached hydrogens (tertiary/aromatic N) is 7. The monoisotopic (exact) mass is 1770 g/mol. The molecule has 0 radical (unpaired) electrons. The van der Waals surface area contributed by atoms with Gasteiger partial charge in [0.2, 0.25) is 12.7 Å². The largest absolute Gasteiger partial charge is 0.454 e. The van der Waals surface area contributed by atoms with Crippen molar-refractivity contribution < 1.29 is 33.3 Å². The second kappa shape index (κ2) is 54.0. The van der Waals surface area contributed by atoms with E-state index in [1.807, 2.05) is 29.0 Å². The number of rotatable bonds is 14. The zero-order valence-corrected chi connectivity index (χ0v) is 88.4. The SMILES string of the molecule is CC(C)(C)C1CCCO1.CC(C)(C)C1CCN(Cc2ccccc2)C1.CC(C)(C)CCCN1CCCC1=O.CC(C)(C)CCc1cc2ccccc2[nH]1.CC(C)(C)CCc1cnc[nH]1.CC(C)(C)CN1CCOCC1.CC(C)(C)Cc1ccc2c(c1)OCO2.CCOC(=O)N1CCC(C(C)(C)C)CC1.CN1CCC(C(C)(C)C)CC1.CN1CCCC1CCC(C)(C)C. The molecule has 7 fully saturated rings. The minimum absolute atomic E-state index is 0.148. The lowest BCUT2D eigenvalue weighted by Gasteiger charge is -2.38. The highest BCUT2D eigenvalue weighted by Crippen LogP contribution is 2.39. The van der Waals surface area contributed by atoms with E-state index in [1.54, 1.807) is 6.33 Å². The van der Waals surface area contributed by atoms with Gasteiger partial charge < -0.3 is 53.3 Å². The molecule has 7 saturated heterocycles. The molecule has 16 nitrogen and oxygen atoms in total. The highest BCUT2D eigenvalue weighted by molar-refractivity contribution is 5.80. The minimum Gasteiger partial charge on any atom is -0.454 e. The summed E-state index contributed by atoms with van der Waals surface area (Å²) in [4.78, 5) is 47.1. The highest BCUT2D eigenvalue weighted by Gasteiger charge is 2.35. The number of H-pyrrole nitrogens is 2. The van der Waals surface area contributed by atoms with Crippen LogP contribution in [0.3, 0.4) is 0 Å². The van der Waals surface area contributed by atoms with Gasteiger partial charge in [-0.05, 0) is 282 Å². The van der Waals surface area contributed by atoms with Crippen LogP contribution >= 0.6 is 0 Å². The summed E-state index contributed by atoms with van der Waals surface area (Å²) >= 11 is 0. The molecule has 16 heteroatoms. The molecule has 2 amide bonds. The standard InChI is InChI=1S/C15H23N.C14H19N.C12H23NO2.C12H16O2.C11H21NO.C11H23N.C10H21N.C9H16N2.C9H19NO.C8H16O/c1-15(2,3)14-9-10-16(12-14)11-13-7-5-4-6-8-13;1-14(2,3)9-8-12-10-11-6-4-5-7-13(11)15-12;1-5-15-11(14)13-8-6-10(7-9-13)12(2,3)4;1-12(2,3)7-9-4-5-10-11(6-9)14-8-13-10;1-11(2,3)7-5-9-12-8-4-6-10(12)13;1-11(2,3)8-7-10-6-5-9-12(10)4;1-10(2,3)9-5-7-11(4)8-6-9;1-9(2,3)5-4-8-6-10-7-11-8;1-9(2,3)8-10-4-6-11-7-5-10;1-8(2,3)7-5-4-6-9-7/h4-8,14H,9-12H2,1-3H3;4-7,10,15H,8-9H2,1-3H3;10H,5-9H2,1-4H3;4-6H,7-8H2,1-3H3;4-9H2,1-3H3;10H,5-9H2,1-4H3;9H,5-8H2,1-4H3;6-7H,4-5H2,1-3H3,(H,10,11);4-8H2,1-3H3;7H,4-6H2,1-3H3. The summed E-state index contributed by atoms with van der Waals surface area (Å²) in [5, 5.41) is 1.32. The summed E-state index contributed by atoms with van der Waals surface area (Å²) in [6.07, 6.45) is 28.3. The topological polar surface area (TPSA) is 144 Å². The first-order chi connectivity index (χ1) is 58.8. The third-order valence-corrected chi connectivity index (χ3v) is 25.7. The van der Waals surface area contributed by atoms with Crippen LogP contribution in [0.5, 0.6) is 11.5 Å². The van der Waals surface area contributed by atoms with Crippen molar-refractivity contribution >= 4 is 22.9 Å². The van der Waals surface area contributed by atoms with Crippen LogP contribution in [0.25, 0.3) is 10.9 Å². The van der Waals surface area contributed by atoms with Crippen LogP contribution < -0.4 is 9.47 Å². The number of benzene rings is 3. The van der Waals surface area contributed by atoms with Gasteiger partial charge in [0.25, 0.3) is 0 Å². The Balaban J connectivity index is 0.000000297. The number of aryl methyl sites for hydroxylation is 2. The van der Waals surface area contributed by atoms with E-state index in [4.69, 9.17) is 23.7 Å². The van der Waals surface area contributed by atoms with Crippen molar-refractivity contribution in [2.75, 3.05) is 126 Å². The van der Waals surface area contributed by atoms with Gasteiger partial charge >= 0.3 is 6.09 Å². The molecule has 3 aromatic carbocycles. The summed E-state index contributed by atoms with van der Waals surface area (Å²) in [5.41, 5.74) is 10.8. The van der Waals surface area contributed by atoms with E-state index in [1.165, 1.54) is 150 Å². The van der Waals surface area contributed by atoms with Crippen molar-refractivity contribution in [2.24, 2.45) is 71.9 Å². The molecular weight excluding hydrogens is 1570 g/mol. The summed E-state index contributed by atoms with van der Waals surface area (Å²) in [7, 11) is 4.49. The van der Waals surface area contributed by atoms with Gasteiger partial charge in [0, 0.05) is 101 Å². The van der Waals surface area contributed by atoms with E-state index in [2.05, 4.69) is 329 Å². The number of hydrogen-bond acceptors (Lipinski definition) is 12. The van der Waals surface area contributed by atoms with Gasteiger partial charge in [-0.2, -0.15) is 0 Å². The van der Waals surface area contributed by atoms with Crippen LogP contribution in [0.2, 0.25) is 0 Å². The predicted octanol–water partition coefficient (Wildman–Crippen LogP) is 27.3. The molecular formula is C111H197N9O7. The first-order valence-corrected chi connectivity index (χ1v) is 50.0. The number of para-hydroxylation sites is 1. The van der Waals surface area contributed by atoms with Crippen molar-refractivity contribution in [1.29, 1.82) is 0 Å². The first kappa shape index (κ1) is 114. The number of morpholine rings is 1. The van der Waals surface area contributed by atoms with Crippen LogP contribution in [0.15, 0.2) is 91.4 Å². The molecule has 3 unspecified atom stereocenters. The number of carbonyl (C=O) groups is 2. The number of hydrogen-bond donors (Lipinski definition) is 2. The Labute approximate surface area is 780 Å². The summed E-state index contributed by atoms with van der Waals surface area (Å²) < 4.78 is 26.4. The number of aromatic amines is 2. The summed E-state index contributed by atoms with van der Waals surface area (Å²) in [6, 6.07) is 28.6. The molecule has 3 atom stereocenters. The maximum absolute atomic E-state index is 11.5. The van der Waals surface area contributed by atoms with Gasteiger partial charge in [-0.15, -0.1) is 0 Å². The van der Waals surface area contributed by atoms with E-state index < -0.39 is 0 Å². The molecule has 13 rings (SSSR count). The van der Waals surface area contributed by atoms with Crippen molar-refractivity contribution in [3.05, 3.63) is 114 Å². The second-order valence-electron chi connectivity index (χ2n) is 49.7. The molecule has 8 aliphatic heterocycles. The molecule has 5 aromatic rings. The predicted molar refractivity (Wildman–Crippen MR) is 542 cm³/mol. The van der Waals surface area contributed by atoms with Crippen LogP contribution in [0, 0.1) is 71.9 Å². The number of amides is 2. The van der Waals surface area contributed by atoms with E-state index in [0.717, 1.165) is 152 Å². The van der Waals surface area contributed by atoms with E-state index >= 15 is 0 Å². The quantitative estimate of drug-likeness (QED) is 0.109. The Kier molecular flexibility index (Phi) is 48.4. The third-order valence-electron chi connectivity index (χ3n) is 25.7. The van der Waals surface area contributed by atoms with Crippen molar-refractivity contribution in [3.8, 4) is 11.5 Å². The lowest BCUT2D eigenvalue weighted by Crippen LogP contribution is -2.41. The normalized spacial score (nSPS) is 19.6. The maximum Gasteiger partial charge on any atom is 0.409 e. The van der Waals surface area contributed by atoms with E-state index in [9.17, 15) is 9.59 Å². The Morgan fingerprint density at radius 2 is 1.06 bits per heavy atom. The zero-order chi connectivity index (χ0) is 95.3. The number of imidazole rings is 1. The molecule has 0 bridgehead atoms. The van der Waals surface area contributed by atoms with E-state index in [-0.39, 0.29) is 6.09 Å². The molecule has 0 saturated carbocycles. The number of aromatic nitrogens is 3. The fraction of sp³-hybridized carbons (Fsp3) is 0.775. The van der Waals surface area contributed by atoms with Crippen LogP contribution in [-0.2, 0) is 44.8 Å². The Bertz CT molecular complexity index is 3680. The Morgan fingerprint density at radius 3 is 1.54 bits per heavy atom. The van der Waals surface area contributed by atoms with Crippen molar-refractivity contribution in [3.63, 3.8) is 0 Å². The number of fused-ring (bicyclic) bond motifs is 2. The molecule has 10 heterocycles. The average Bonchev–Trinajstić information content (AvgIpc) is 1.68. The lowest BCUT2D eigenvalue weighted by atomic mass is 9.75. The Hall–Kier alpha value is -5.49. The fourth-order valence-corrected chi connectivity index (χ4v) is 17.3. The molecule has 2 aromatic heterocycles. The first-order valence-electron chi connectivity index (χ1n) is 50.0. The number of carbonyl (C=O) groups excluding carboxylic acids is 2. The molecule has 8 aliphatic rings. The number of likely N-dealkylation sites (tertiary alicyclic amines) is 5. The highest BCUT2D eigenvalue weighted by atomic mass is 16.7. The molecule has 0 spiro atoms. The smallest absolute Gasteiger partial charge is 0.409 e. The summed E-state index contributed by atoms with van der Waals surface area (Å²) in [6.45, 7) is 88.7. The third kappa shape index (κ3) is 51.4. The maximum atomic E-state index is 11.5. The zero-order valence-electron chi connectivity index (χ0n) is 88.4. The van der Waals surface area contributed by atoms with Gasteiger partial charge in [0.15, 0.2) is 11.5 Å². The summed E-state index contributed by atoms with van der Waals surface area (Å²) in [5.74, 6) is 4.63. The number of piperidine rings is 2. The number of ether oxygens (including phenoxy) is 5. The number of nitrogens with one attached hydrogen (secondary N) is 2. The molecule has 728 valence electrons. The van der Waals surface area contributed by atoms with Gasteiger partial charge in [0.05, 0.1) is 32.3 Å². The molecule has 0 aliphatic carbocycles. The van der Waals surface area contributed by atoms with Crippen molar-refractivity contribution in [2.45, 2.75) is 362 Å². The van der Waals surface area contributed by atoms with Crippen LogP contribution in [-0.4, -0.2) is 194 Å². The fourth-order valence-electron chi connectivity index (χ4n) is 17.3. The van der Waals surface area contributed by atoms with Gasteiger partial charge in [-0.1, -0.05) is 262 Å². The van der Waals surface area contributed by atoms with Gasteiger partial charge in [-0.25, -0.2) is 9.78 Å². The van der Waals surface area contributed by atoms with Gasteiger partial charge in [0.1, 0.15) is 0 Å². The van der Waals surface area contributed by atoms with Crippen LogP contribution in [0.1, 0.15) is 346 Å². The Morgan fingerprint density at radius 1 is 0.504 bits per heavy atom. The van der Waals surface area contributed by atoms with Crippen molar-refractivity contribution in [1.82, 2.24) is 44.4 Å². The lowest BCUT2D eigenvalue weighted by molar-refractivity contribution is -0.127. The van der Waals surface area contributed by atoms with Crippen LogP contribution in [0.4, 0.5) is 4.79 Å². The van der Waals surface area contributed by atoms with Gasteiger partial charge in [-0.3, -0.25) is 14.6 Å².